The Labute approximate surface area is 135 Å². The fourth-order valence-corrected chi connectivity index (χ4v) is 1.39. The number of hydrogen-bond acceptors (Lipinski definition) is 7. The highest BCUT2D eigenvalue weighted by molar-refractivity contribution is 6.38. The van der Waals surface area contributed by atoms with Crippen LogP contribution in [0.1, 0.15) is 34.1 Å². The summed E-state index contributed by atoms with van der Waals surface area (Å²) >= 11 is 0. The van der Waals surface area contributed by atoms with E-state index in [2.05, 4.69) is 14.8 Å². The van der Waals surface area contributed by atoms with Crippen molar-refractivity contribution >= 4 is 23.8 Å². The van der Waals surface area contributed by atoms with Crippen LogP contribution in [0.4, 0.5) is 4.79 Å². The molecule has 0 aromatic rings. The molecule has 1 atom stereocenters. The van der Waals surface area contributed by atoms with E-state index in [4.69, 9.17) is 4.74 Å². The highest BCUT2D eigenvalue weighted by Gasteiger charge is 2.24. The van der Waals surface area contributed by atoms with Crippen molar-refractivity contribution in [1.82, 2.24) is 5.32 Å². The fourth-order valence-electron chi connectivity index (χ4n) is 1.39. The first-order valence-electron chi connectivity index (χ1n) is 7.05. The molecule has 130 valence electrons. The quantitative estimate of drug-likeness (QED) is 0.323. The van der Waals surface area contributed by atoms with Crippen LogP contribution in [-0.4, -0.2) is 49.2 Å². The van der Waals surface area contributed by atoms with Gasteiger partial charge in [-0.05, 0) is 40.2 Å². The van der Waals surface area contributed by atoms with Crippen LogP contribution in [0.3, 0.4) is 0 Å². The van der Waals surface area contributed by atoms with E-state index in [1.807, 2.05) is 0 Å². The summed E-state index contributed by atoms with van der Waals surface area (Å²) in [6.07, 6.45) is 1.41. The standard InChI is InChI=1S/C15H23NO7/c1-6-22-13(19)11(17)9-7-8-10(12(18)21-5)16-14(20)23-15(2,3)4/h7,9-10H,6,8H2,1-5H3,(H,16,20)/b9-7+. The molecule has 0 heterocycles. The molecular formula is C15H23NO7. The summed E-state index contributed by atoms with van der Waals surface area (Å²) in [5.41, 5.74) is -0.722. The van der Waals surface area contributed by atoms with E-state index in [0.29, 0.717) is 0 Å². The molecule has 8 nitrogen and oxygen atoms in total. The topological polar surface area (TPSA) is 108 Å². The first-order valence-corrected chi connectivity index (χ1v) is 7.05. The van der Waals surface area contributed by atoms with E-state index >= 15 is 0 Å². The van der Waals surface area contributed by atoms with Crippen LogP contribution in [0, 0.1) is 0 Å². The lowest BCUT2D eigenvalue weighted by Crippen LogP contribution is -2.43. The van der Waals surface area contributed by atoms with Crippen molar-refractivity contribution < 1.29 is 33.4 Å². The number of hydrogen-bond donors (Lipinski definition) is 1. The summed E-state index contributed by atoms with van der Waals surface area (Å²) in [6.45, 7) is 6.70. The van der Waals surface area contributed by atoms with Crippen LogP contribution in [-0.2, 0) is 28.6 Å². The van der Waals surface area contributed by atoms with E-state index in [9.17, 15) is 19.2 Å². The van der Waals surface area contributed by atoms with Gasteiger partial charge >= 0.3 is 18.0 Å². The molecule has 0 aliphatic heterocycles. The summed E-state index contributed by atoms with van der Waals surface area (Å²) < 4.78 is 14.1. The van der Waals surface area contributed by atoms with Crippen LogP contribution >= 0.6 is 0 Å². The predicted molar refractivity (Wildman–Crippen MR) is 80.6 cm³/mol. The number of esters is 2. The van der Waals surface area contributed by atoms with Gasteiger partial charge in [0.25, 0.3) is 5.78 Å². The molecule has 0 fully saturated rings. The average Bonchev–Trinajstić information content (AvgIpc) is 2.43. The first kappa shape index (κ1) is 20.6. The molecule has 0 saturated carbocycles. The third-order valence-electron chi connectivity index (χ3n) is 2.29. The van der Waals surface area contributed by atoms with E-state index in [1.165, 1.54) is 13.2 Å². The first-order chi connectivity index (χ1) is 10.6. The van der Waals surface area contributed by atoms with Gasteiger partial charge < -0.3 is 19.5 Å². The van der Waals surface area contributed by atoms with Gasteiger partial charge in [-0.2, -0.15) is 0 Å². The summed E-state index contributed by atoms with van der Waals surface area (Å²) in [5, 5.41) is 2.34. The fraction of sp³-hybridized carbons (Fsp3) is 0.600. The Morgan fingerprint density at radius 3 is 2.26 bits per heavy atom. The van der Waals surface area contributed by atoms with Crippen LogP contribution < -0.4 is 5.32 Å². The van der Waals surface area contributed by atoms with Crippen molar-refractivity contribution in [3.8, 4) is 0 Å². The second-order valence-corrected chi connectivity index (χ2v) is 5.44. The van der Waals surface area contributed by atoms with E-state index in [-0.39, 0.29) is 13.0 Å². The highest BCUT2D eigenvalue weighted by Crippen LogP contribution is 2.07. The smallest absolute Gasteiger partial charge is 0.408 e. The summed E-state index contributed by atoms with van der Waals surface area (Å²) in [7, 11) is 1.17. The lowest BCUT2D eigenvalue weighted by Gasteiger charge is -2.22. The molecule has 0 spiro atoms. The molecule has 0 saturated heterocycles. The molecule has 1 unspecified atom stereocenters. The van der Waals surface area contributed by atoms with Crippen molar-refractivity contribution in [2.75, 3.05) is 13.7 Å². The molecule has 1 amide bonds. The summed E-state index contributed by atoms with van der Waals surface area (Å²) in [5.74, 6) is -2.55. The van der Waals surface area contributed by atoms with Gasteiger partial charge in [0.05, 0.1) is 13.7 Å². The van der Waals surface area contributed by atoms with Gasteiger partial charge in [-0.1, -0.05) is 6.08 Å². The zero-order valence-electron chi connectivity index (χ0n) is 14.0. The van der Waals surface area contributed by atoms with Crippen LogP contribution in [0.5, 0.6) is 0 Å². The number of methoxy groups -OCH3 is 1. The maximum atomic E-state index is 11.7. The monoisotopic (exact) mass is 329 g/mol. The SMILES string of the molecule is CCOC(=O)C(=O)/C=C/CC(NC(=O)OC(C)(C)C)C(=O)OC. The van der Waals surface area contributed by atoms with Gasteiger partial charge in [-0.3, -0.25) is 4.79 Å². The van der Waals surface area contributed by atoms with Crippen LogP contribution in [0.2, 0.25) is 0 Å². The Morgan fingerprint density at radius 1 is 1.17 bits per heavy atom. The molecule has 23 heavy (non-hydrogen) atoms. The van der Waals surface area contributed by atoms with Crippen molar-refractivity contribution in [3.05, 3.63) is 12.2 Å². The predicted octanol–water partition coefficient (Wildman–Crippen LogP) is 1.13. The van der Waals surface area contributed by atoms with Crippen molar-refractivity contribution in [3.63, 3.8) is 0 Å². The van der Waals surface area contributed by atoms with E-state index in [0.717, 1.165) is 6.08 Å². The van der Waals surface area contributed by atoms with Crippen LogP contribution in [0.15, 0.2) is 12.2 Å². The van der Waals surface area contributed by atoms with Crippen molar-refractivity contribution in [2.24, 2.45) is 0 Å². The van der Waals surface area contributed by atoms with Gasteiger partial charge in [0, 0.05) is 0 Å². The summed E-state index contributed by atoms with van der Waals surface area (Å²) in [4.78, 5) is 45.8. The molecule has 0 aliphatic carbocycles. The zero-order chi connectivity index (χ0) is 18.0. The highest BCUT2D eigenvalue weighted by atomic mass is 16.6. The number of ketones is 1. The number of rotatable bonds is 7. The van der Waals surface area contributed by atoms with Gasteiger partial charge in [-0.15, -0.1) is 0 Å². The van der Waals surface area contributed by atoms with Crippen molar-refractivity contribution in [1.29, 1.82) is 0 Å². The average molecular weight is 329 g/mol. The van der Waals surface area contributed by atoms with E-state index in [1.54, 1.807) is 27.7 Å². The molecule has 0 aromatic carbocycles. The van der Waals surface area contributed by atoms with Crippen molar-refractivity contribution in [2.45, 2.75) is 45.8 Å². The third kappa shape index (κ3) is 9.28. The molecule has 0 rings (SSSR count). The maximum absolute atomic E-state index is 11.7. The number of alkyl carbamates (subject to hydrolysis) is 1. The number of nitrogens with one attached hydrogen (secondary N) is 1. The molecule has 0 bridgehead atoms. The minimum Gasteiger partial charge on any atom is -0.467 e. The Hall–Kier alpha value is -2.38. The molecule has 0 aromatic heterocycles. The Kier molecular flexibility index (Phi) is 8.61. The number of carbonyl (C=O) groups excluding carboxylic acids is 4. The molecular weight excluding hydrogens is 306 g/mol. The molecule has 0 radical (unpaired) electrons. The second-order valence-electron chi connectivity index (χ2n) is 5.44. The molecule has 1 N–H and O–H groups in total. The normalized spacial score (nSPS) is 12.4. The lowest BCUT2D eigenvalue weighted by atomic mass is 10.2. The number of amides is 1. The van der Waals surface area contributed by atoms with Gasteiger partial charge in [0.2, 0.25) is 0 Å². The van der Waals surface area contributed by atoms with E-state index < -0.39 is 35.5 Å². The van der Waals surface area contributed by atoms with Crippen LogP contribution in [0.25, 0.3) is 0 Å². The molecule has 8 heteroatoms. The largest absolute Gasteiger partial charge is 0.467 e. The maximum Gasteiger partial charge on any atom is 0.408 e. The third-order valence-corrected chi connectivity index (χ3v) is 2.29. The number of ether oxygens (including phenoxy) is 3. The Morgan fingerprint density at radius 2 is 1.78 bits per heavy atom. The van der Waals surface area contributed by atoms with Gasteiger partial charge in [0.15, 0.2) is 0 Å². The minimum absolute atomic E-state index is 0.0446. The zero-order valence-corrected chi connectivity index (χ0v) is 14.0. The number of carbonyl (C=O) groups is 4. The Bertz CT molecular complexity index is 477. The van der Waals surface area contributed by atoms with Gasteiger partial charge in [-0.25, -0.2) is 14.4 Å². The summed E-state index contributed by atoms with van der Waals surface area (Å²) in [6, 6.07) is -1.04. The Balaban J connectivity index is 4.69. The second kappa shape index (κ2) is 9.60. The minimum atomic E-state index is -1.04. The molecule has 0 aliphatic rings. The lowest BCUT2D eigenvalue weighted by molar-refractivity contribution is -0.151. The van der Waals surface area contributed by atoms with Gasteiger partial charge in [0.1, 0.15) is 11.6 Å².